The summed E-state index contributed by atoms with van der Waals surface area (Å²) < 4.78 is 0.527. The second-order valence-corrected chi connectivity index (χ2v) is 8.90. The summed E-state index contributed by atoms with van der Waals surface area (Å²) in [6.07, 6.45) is 4.22. The minimum atomic E-state index is -0.105. The van der Waals surface area contributed by atoms with Gasteiger partial charge in [0.25, 0.3) is 5.91 Å². The summed E-state index contributed by atoms with van der Waals surface area (Å²) >= 11 is 6.69. The lowest BCUT2D eigenvalue weighted by atomic mass is 10.1. The van der Waals surface area contributed by atoms with Crippen LogP contribution in [0.15, 0.2) is 46.9 Å². The molecule has 148 valence electrons. The summed E-state index contributed by atoms with van der Waals surface area (Å²) in [6.45, 7) is 5.84. The van der Waals surface area contributed by atoms with Gasteiger partial charge >= 0.3 is 0 Å². The maximum Gasteiger partial charge on any atom is 0.266 e. The molecule has 1 aromatic rings. The van der Waals surface area contributed by atoms with Gasteiger partial charge in [-0.3, -0.25) is 14.5 Å². The van der Waals surface area contributed by atoms with Crippen molar-refractivity contribution in [1.82, 2.24) is 9.80 Å². The number of hydrogen-bond acceptors (Lipinski definition) is 4. The van der Waals surface area contributed by atoms with Crippen molar-refractivity contribution in [2.75, 3.05) is 39.8 Å². The van der Waals surface area contributed by atoms with Gasteiger partial charge in [0.05, 0.1) is 38.1 Å². The minimum absolute atomic E-state index is 0.102. The number of allylic oxidation sites excluding steroid dienone is 2. The summed E-state index contributed by atoms with van der Waals surface area (Å²) in [7, 11) is 2.14. The molecule has 2 saturated heterocycles. The molecule has 7 heteroatoms. The second kappa shape index (κ2) is 9.49. The van der Waals surface area contributed by atoms with Crippen LogP contribution in [0.5, 0.6) is 0 Å². The molecule has 0 saturated carbocycles. The number of piperazine rings is 1. The smallest absolute Gasteiger partial charge is 0.266 e. The van der Waals surface area contributed by atoms with Crippen LogP contribution in [0.3, 0.4) is 0 Å². The van der Waals surface area contributed by atoms with Gasteiger partial charge in [-0.25, -0.2) is 0 Å². The van der Waals surface area contributed by atoms with Crippen LogP contribution in [-0.2, 0) is 9.59 Å². The van der Waals surface area contributed by atoms with Gasteiger partial charge in [-0.05, 0) is 24.1 Å². The number of nitrogens with one attached hydrogen (secondary N) is 1. The first-order valence-electron chi connectivity index (χ1n) is 9.52. The molecule has 1 N–H and O–H groups in total. The fraction of sp³-hybridized carbons (Fsp3) is 0.381. The Bertz CT molecular complexity index is 812. The van der Waals surface area contributed by atoms with Crippen LogP contribution in [0, 0.1) is 0 Å². The van der Waals surface area contributed by atoms with Crippen LogP contribution < -0.4 is 4.90 Å². The predicted octanol–water partition coefficient (Wildman–Crippen LogP) is 1.58. The average Bonchev–Trinajstić information content (AvgIpc) is 2.94. The molecule has 2 fully saturated rings. The molecule has 2 aliphatic heterocycles. The van der Waals surface area contributed by atoms with E-state index in [9.17, 15) is 9.59 Å². The van der Waals surface area contributed by atoms with Crippen LogP contribution in [0.2, 0.25) is 0 Å². The van der Waals surface area contributed by atoms with Crippen LogP contribution >= 0.6 is 24.0 Å². The lowest BCUT2D eigenvalue weighted by molar-refractivity contribution is -0.883. The van der Waals surface area contributed by atoms with E-state index in [1.54, 1.807) is 4.90 Å². The maximum atomic E-state index is 12.7. The van der Waals surface area contributed by atoms with Crippen molar-refractivity contribution in [1.29, 1.82) is 0 Å². The first-order valence-corrected chi connectivity index (χ1v) is 10.7. The molecule has 1 aromatic carbocycles. The maximum absolute atomic E-state index is 12.7. The van der Waals surface area contributed by atoms with Crippen molar-refractivity contribution < 1.29 is 14.5 Å². The van der Waals surface area contributed by atoms with Crippen molar-refractivity contribution in [2.45, 2.75) is 13.3 Å². The number of thioether (sulfide) groups is 1. The molecule has 0 unspecified atom stereocenters. The highest BCUT2D eigenvalue weighted by molar-refractivity contribution is 8.26. The van der Waals surface area contributed by atoms with Crippen molar-refractivity contribution in [3.8, 4) is 0 Å². The third-order valence-corrected chi connectivity index (χ3v) is 6.32. The highest BCUT2D eigenvalue weighted by Gasteiger charge is 2.32. The molecule has 28 heavy (non-hydrogen) atoms. The molecule has 2 aliphatic rings. The number of hydrogen-bond donors (Lipinski definition) is 1. The summed E-state index contributed by atoms with van der Waals surface area (Å²) in [4.78, 5) is 30.7. The number of likely N-dealkylation sites (N-methyl/N-ethyl adjacent to an activating group) is 1. The summed E-state index contributed by atoms with van der Waals surface area (Å²) in [5.74, 6) is -0.00267. The molecule has 3 rings (SSSR count). The summed E-state index contributed by atoms with van der Waals surface area (Å²) in [5.41, 5.74) is 2.08. The SMILES string of the molecule is CC(=Cc1ccccc1)/C=C1\SC(=S)N(CCC(=O)N2CC[NH+](C)CC2)C1=O. The minimum Gasteiger partial charge on any atom is -0.334 e. The Balaban J connectivity index is 1.59. The molecule has 0 atom stereocenters. The zero-order valence-electron chi connectivity index (χ0n) is 16.3. The Hall–Kier alpha value is -1.96. The van der Waals surface area contributed by atoms with Gasteiger partial charge in [-0.15, -0.1) is 0 Å². The lowest BCUT2D eigenvalue weighted by Crippen LogP contribution is -3.12. The van der Waals surface area contributed by atoms with E-state index in [2.05, 4.69) is 7.05 Å². The van der Waals surface area contributed by atoms with E-state index in [4.69, 9.17) is 12.2 Å². The average molecular weight is 417 g/mol. The number of thiocarbonyl (C=S) groups is 1. The summed E-state index contributed by atoms with van der Waals surface area (Å²) in [6, 6.07) is 9.99. The third-order valence-electron chi connectivity index (χ3n) is 4.95. The van der Waals surface area contributed by atoms with Crippen molar-refractivity contribution >= 4 is 46.2 Å². The molecular weight excluding hydrogens is 390 g/mol. The first kappa shape index (κ1) is 20.8. The lowest BCUT2D eigenvalue weighted by Gasteiger charge is -2.30. The molecule has 0 radical (unpaired) electrons. The van der Waals surface area contributed by atoms with E-state index < -0.39 is 0 Å². The number of quaternary nitrogens is 1. The first-order chi connectivity index (χ1) is 13.4. The Morgan fingerprint density at radius 3 is 2.61 bits per heavy atom. The molecule has 0 spiro atoms. The quantitative estimate of drug-likeness (QED) is 0.585. The number of carbonyl (C=O) groups is 2. The van der Waals surface area contributed by atoms with E-state index >= 15 is 0 Å². The fourth-order valence-corrected chi connectivity index (χ4v) is 4.62. The van der Waals surface area contributed by atoms with Crippen LogP contribution in [0.1, 0.15) is 18.9 Å². The van der Waals surface area contributed by atoms with Crippen LogP contribution in [-0.4, -0.2) is 65.7 Å². The number of nitrogens with zero attached hydrogens (tertiary/aromatic N) is 2. The largest absolute Gasteiger partial charge is 0.334 e. The number of amides is 2. The monoisotopic (exact) mass is 416 g/mol. The van der Waals surface area contributed by atoms with Crippen molar-refractivity contribution in [2.24, 2.45) is 0 Å². The van der Waals surface area contributed by atoms with E-state index in [0.29, 0.717) is 22.2 Å². The standard InChI is InChI=1S/C21H25N3O2S2/c1-16(14-17-6-4-3-5-7-17)15-18-20(26)24(21(27)28-18)9-8-19(25)23-12-10-22(2)11-13-23/h3-7,14-15H,8-13H2,1-2H3/p+1/b16-14?,18-15-. The number of rotatable bonds is 5. The summed E-state index contributed by atoms with van der Waals surface area (Å²) in [5, 5.41) is 0. The highest BCUT2D eigenvalue weighted by atomic mass is 32.2. The van der Waals surface area contributed by atoms with Gasteiger partial charge < -0.3 is 9.80 Å². The molecule has 0 bridgehead atoms. The second-order valence-electron chi connectivity index (χ2n) is 7.22. The zero-order valence-corrected chi connectivity index (χ0v) is 17.9. The number of carbonyl (C=O) groups excluding carboxylic acids is 2. The van der Waals surface area contributed by atoms with Gasteiger partial charge in [0, 0.05) is 13.0 Å². The van der Waals surface area contributed by atoms with Crippen molar-refractivity contribution in [3.63, 3.8) is 0 Å². The highest BCUT2D eigenvalue weighted by Crippen LogP contribution is 2.32. The van der Waals surface area contributed by atoms with Crippen molar-refractivity contribution in [3.05, 3.63) is 52.4 Å². The topological polar surface area (TPSA) is 45.1 Å². The fourth-order valence-electron chi connectivity index (χ4n) is 3.26. The molecule has 2 amide bonds. The van der Waals surface area contributed by atoms with Crippen LogP contribution in [0.4, 0.5) is 0 Å². The Morgan fingerprint density at radius 1 is 1.25 bits per heavy atom. The molecule has 0 aromatic heterocycles. The Kier molecular flexibility index (Phi) is 7.04. The van der Waals surface area contributed by atoms with E-state index in [1.807, 2.05) is 54.3 Å². The van der Waals surface area contributed by atoms with Gasteiger partial charge in [-0.1, -0.05) is 60.4 Å². The van der Waals surface area contributed by atoms with Crippen LogP contribution in [0.25, 0.3) is 6.08 Å². The third kappa shape index (κ3) is 5.31. The van der Waals surface area contributed by atoms with E-state index in [-0.39, 0.29) is 11.8 Å². The van der Waals surface area contributed by atoms with Gasteiger partial charge in [0.15, 0.2) is 0 Å². The van der Waals surface area contributed by atoms with Gasteiger partial charge in [0.1, 0.15) is 4.32 Å². The van der Waals surface area contributed by atoms with E-state index in [0.717, 1.165) is 37.3 Å². The predicted molar refractivity (Wildman–Crippen MR) is 118 cm³/mol. The molecular formula is C21H26N3O2S2+. The Morgan fingerprint density at radius 2 is 1.93 bits per heavy atom. The molecule has 0 aliphatic carbocycles. The molecule has 5 nitrogen and oxygen atoms in total. The van der Waals surface area contributed by atoms with E-state index in [1.165, 1.54) is 16.7 Å². The molecule has 2 heterocycles. The van der Waals surface area contributed by atoms with Gasteiger partial charge in [0.2, 0.25) is 5.91 Å². The Labute approximate surface area is 176 Å². The number of benzene rings is 1. The van der Waals surface area contributed by atoms with Gasteiger partial charge in [-0.2, -0.15) is 0 Å². The normalized spacial score (nSPS) is 20.4. The zero-order chi connectivity index (χ0) is 20.1.